The monoisotopic (exact) mass is 200 g/mol. The van der Waals surface area contributed by atoms with E-state index in [0.717, 1.165) is 24.6 Å². The van der Waals surface area contributed by atoms with Crippen LogP contribution in [0.15, 0.2) is 0 Å². The standard InChI is InChI=1S/C7H8N2OS2/c8-4-11-6-2-1-3-10-7(6)12-5-9/h6-7H,1-3H2/t6-,7+/m1/s1. The fraction of sp³-hybridized carbons (Fsp3) is 0.714. The molecule has 2 atom stereocenters. The molecule has 0 radical (unpaired) electrons. The molecule has 64 valence electrons. The third kappa shape index (κ3) is 2.60. The molecule has 5 heteroatoms. The van der Waals surface area contributed by atoms with Crippen molar-refractivity contribution in [2.75, 3.05) is 6.61 Å². The molecule has 0 aromatic rings. The van der Waals surface area contributed by atoms with Gasteiger partial charge in [0.1, 0.15) is 16.2 Å². The number of thiocyanates is 2. The number of ether oxygens (including phenoxy) is 1. The van der Waals surface area contributed by atoms with Gasteiger partial charge in [-0.15, -0.1) is 0 Å². The third-order valence-corrected chi connectivity index (χ3v) is 3.46. The van der Waals surface area contributed by atoms with E-state index in [4.69, 9.17) is 15.3 Å². The topological polar surface area (TPSA) is 56.8 Å². The number of nitrogens with zero attached hydrogens (tertiary/aromatic N) is 2. The molecule has 3 nitrogen and oxygen atoms in total. The third-order valence-electron chi connectivity index (χ3n) is 1.59. The summed E-state index contributed by atoms with van der Waals surface area (Å²) in [5, 5.41) is 21.1. The van der Waals surface area contributed by atoms with Gasteiger partial charge < -0.3 is 4.74 Å². The van der Waals surface area contributed by atoms with Crippen LogP contribution in [0.2, 0.25) is 0 Å². The summed E-state index contributed by atoms with van der Waals surface area (Å²) in [4.78, 5) is 0. The van der Waals surface area contributed by atoms with Gasteiger partial charge in [-0.1, -0.05) is 0 Å². The molecular weight excluding hydrogens is 192 g/mol. The first-order valence-corrected chi connectivity index (χ1v) is 5.35. The molecule has 0 unspecified atom stereocenters. The summed E-state index contributed by atoms with van der Waals surface area (Å²) in [5.74, 6) is 0. The van der Waals surface area contributed by atoms with Gasteiger partial charge in [-0.2, -0.15) is 10.5 Å². The summed E-state index contributed by atoms with van der Waals surface area (Å²) in [7, 11) is 0. The van der Waals surface area contributed by atoms with E-state index in [2.05, 4.69) is 0 Å². The summed E-state index contributed by atoms with van der Waals surface area (Å²) < 4.78 is 5.35. The first-order chi connectivity index (χ1) is 5.88. The molecule has 1 rings (SSSR count). The average Bonchev–Trinajstić information content (AvgIpc) is 2.09. The van der Waals surface area contributed by atoms with Gasteiger partial charge in [0.25, 0.3) is 0 Å². The van der Waals surface area contributed by atoms with Crippen LogP contribution in [0.3, 0.4) is 0 Å². The van der Waals surface area contributed by atoms with Crippen molar-refractivity contribution in [3.05, 3.63) is 0 Å². The highest BCUT2D eigenvalue weighted by Gasteiger charge is 2.27. The fourth-order valence-electron chi connectivity index (χ4n) is 1.07. The van der Waals surface area contributed by atoms with Crippen LogP contribution in [-0.2, 0) is 4.74 Å². The minimum absolute atomic E-state index is 0.117. The van der Waals surface area contributed by atoms with E-state index in [-0.39, 0.29) is 10.7 Å². The smallest absolute Gasteiger partial charge is 0.136 e. The van der Waals surface area contributed by atoms with Gasteiger partial charge in [0.2, 0.25) is 0 Å². The van der Waals surface area contributed by atoms with Crippen LogP contribution in [0.5, 0.6) is 0 Å². The van der Waals surface area contributed by atoms with Crippen LogP contribution in [0.1, 0.15) is 12.8 Å². The van der Waals surface area contributed by atoms with Crippen molar-refractivity contribution in [2.45, 2.75) is 23.5 Å². The highest BCUT2D eigenvalue weighted by Crippen LogP contribution is 2.31. The normalized spacial score (nSPS) is 28.8. The summed E-state index contributed by atoms with van der Waals surface area (Å²) in [6.07, 6.45) is 1.96. The molecule has 0 aliphatic carbocycles. The molecule has 1 saturated heterocycles. The Morgan fingerprint density at radius 2 is 2.00 bits per heavy atom. The van der Waals surface area contributed by atoms with E-state index in [1.54, 1.807) is 0 Å². The molecule has 0 aromatic carbocycles. The Kier molecular flexibility index (Phi) is 4.31. The van der Waals surface area contributed by atoms with E-state index in [1.807, 2.05) is 10.8 Å². The summed E-state index contributed by atoms with van der Waals surface area (Å²) in [6, 6.07) is 0. The van der Waals surface area contributed by atoms with Crippen LogP contribution in [0.25, 0.3) is 0 Å². The predicted molar refractivity (Wildman–Crippen MR) is 49.2 cm³/mol. The van der Waals surface area contributed by atoms with Crippen LogP contribution < -0.4 is 0 Å². The summed E-state index contributed by atoms with van der Waals surface area (Å²) >= 11 is 2.32. The first kappa shape index (κ1) is 9.73. The Morgan fingerprint density at radius 3 is 2.67 bits per heavy atom. The molecule has 0 amide bonds. The highest BCUT2D eigenvalue weighted by molar-refractivity contribution is 8.07. The second-order valence-corrected chi connectivity index (χ2v) is 4.24. The van der Waals surface area contributed by atoms with Gasteiger partial charge in [-0.05, 0) is 36.4 Å². The summed E-state index contributed by atoms with van der Waals surface area (Å²) in [6.45, 7) is 0.710. The second-order valence-electron chi connectivity index (χ2n) is 2.34. The van der Waals surface area contributed by atoms with Crippen molar-refractivity contribution < 1.29 is 4.74 Å². The van der Waals surface area contributed by atoms with Gasteiger partial charge in [-0.3, -0.25) is 0 Å². The molecule has 0 spiro atoms. The molecular formula is C7H8N2OS2. The van der Waals surface area contributed by atoms with Gasteiger partial charge in [0, 0.05) is 6.61 Å². The van der Waals surface area contributed by atoms with Gasteiger partial charge in [-0.25, -0.2) is 0 Å². The van der Waals surface area contributed by atoms with Crippen molar-refractivity contribution in [3.8, 4) is 10.8 Å². The molecule has 12 heavy (non-hydrogen) atoms. The Morgan fingerprint density at radius 1 is 1.25 bits per heavy atom. The van der Waals surface area contributed by atoms with Crippen LogP contribution >= 0.6 is 23.5 Å². The van der Waals surface area contributed by atoms with Gasteiger partial charge in [0.15, 0.2) is 0 Å². The van der Waals surface area contributed by atoms with Crippen LogP contribution in [0.4, 0.5) is 0 Å². The lowest BCUT2D eigenvalue weighted by atomic mass is 10.2. The lowest BCUT2D eigenvalue weighted by Crippen LogP contribution is -2.28. The predicted octanol–water partition coefficient (Wildman–Crippen LogP) is 1.92. The second kappa shape index (κ2) is 5.31. The van der Waals surface area contributed by atoms with Crippen LogP contribution in [-0.4, -0.2) is 17.3 Å². The van der Waals surface area contributed by atoms with Gasteiger partial charge in [0.05, 0.1) is 5.25 Å². The van der Waals surface area contributed by atoms with E-state index in [1.165, 1.54) is 11.8 Å². The molecule has 1 aliphatic heterocycles. The van der Waals surface area contributed by atoms with Crippen molar-refractivity contribution >= 4 is 23.5 Å². The molecule has 1 fully saturated rings. The lowest BCUT2D eigenvalue weighted by molar-refractivity contribution is 0.0784. The van der Waals surface area contributed by atoms with Crippen molar-refractivity contribution in [2.24, 2.45) is 0 Å². The lowest BCUT2D eigenvalue weighted by Gasteiger charge is -2.26. The first-order valence-electron chi connectivity index (χ1n) is 3.59. The molecule has 1 aliphatic rings. The molecule has 0 aromatic heterocycles. The minimum Gasteiger partial charge on any atom is -0.365 e. The Balaban J connectivity index is 2.44. The SMILES string of the molecule is N#CS[C@@H]1CCCO[C@H]1SC#N. The molecule has 1 heterocycles. The maximum Gasteiger partial charge on any atom is 0.136 e. The maximum absolute atomic E-state index is 8.47. The quantitative estimate of drug-likeness (QED) is 0.637. The van der Waals surface area contributed by atoms with E-state index in [0.29, 0.717) is 6.61 Å². The zero-order chi connectivity index (χ0) is 8.81. The summed E-state index contributed by atoms with van der Waals surface area (Å²) in [5.41, 5.74) is -0.117. The Hall–Kier alpha value is -0.360. The fourth-order valence-corrected chi connectivity index (χ4v) is 2.57. The highest BCUT2D eigenvalue weighted by atomic mass is 32.2. The zero-order valence-corrected chi connectivity index (χ0v) is 8.03. The van der Waals surface area contributed by atoms with E-state index >= 15 is 0 Å². The number of thioether (sulfide) groups is 2. The molecule has 0 saturated carbocycles. The van der Waals surface area contributed by atoms with Crippen molar-refractivity contribution in [1.29, 1.82) is 10.5 Å². The van der Waals surface area contributed by atoms with Gasteiger partial charge >= 0.3 is 0 Å². The average molecular weight is 200 g/mol. The van der Waals surface area contributed by atoms with Crippen molar-refractivity contribution in [3.63, 3.8) is 0 Å². The molecule has 0 bridgehead atoms. The Bertz CT molecular complexity index is 196. The minimum atomic E-state index is -0.117. The number of nitriles is 2. The zero-order valence-electron chi connectivity index (χ0n) is 6.40. The van der Waals surface area contributed by atoms with Crippen LogP contribution in [0, 0.1) is 21.3 Å². The number of rotatable bonds is 2. The Labute approximate surface area is 80.1 Å². The van der Waals surface area contributed by atoms with E-state index in [9.17, 15) is 0 Å². The number of hydrogen-bond donors (Lipinski definition) is 0. The molecule has 0 N–H and O–H groups in total. The largest absolute Gasteiger partial charge is 0.365 e. The van der Waals surface area contributed by atoms with E-state index < -0.39 is 0 Å². The van der Waals surface area contributed by atoms with Crippen molar-refractivity contribution in [1.82, 2.24) is 0 Å². The maximum atomic E-state index is 8.47. The number of hydrogen-bond acceptors (Lipinski definition) is 5.